The Morgan fingerprint density at radius 1 is 1.29 bits per heavy atom. The highest BCUT2D eigenvalue weighted by Gasteiger charge is 2.20. The summed E-state index contributed by atoms with van der Waals surface area (Å²) >= 11 is 0. The summed E-state index contributed by atoms with van der Waals surface area (Å²) in [5.41, 5.74) is 6.91. The smallest absolute Gasteiger partial charge is 0.141 e. The summed E-state index contributed by atoms with van der Waals surface area (Å²) in [5, 5.41) is 0. The Hall–Kier alpha value is -1.04. The predicted octanol–water partition coefficient (Wildman–Crippen LogP) is 2.03. The molecule has 0 aliphatic carbocycles. The predicted molar refractivity (Wildman–Crippen MR) is 83.5 cm³/mol. The highest BCUT2D eigenvalue weighted by Crippen LogP contribution is 2.14. The topological polar surface area (TPSA) is 45.4 Å². The van der Waals surface area contributed by atoms with Gasteiger partial charge in [0.05, 0.1) is 11.9 Å². The number of hydrogen-bond donors (Lipinski definition) is 1. The second kappa shape index (κ2) is 7.82. The van der Waals surface area contributed by atoms with E-state index in [4.69, 9.17) is 5.73 Å². The highest BCUT2D eigenvalue weighted by atomic mass is 19.1. The summed E-state index contributed by atoms with van der Waals surface area (Å²) in [4.78, 5) is 9.08. The normalized spacial score (nSPS) is 20.4. The largest absolute Gasteiger partial charge is 0.323 e. The summed E-state index contributed by atoms with van der Waals surface area (Å²) in [6, 6.07) is 3.67. The minimum absolute atomic E-state index is 0.113. The zero-order valence-electron chi connectivity index (χ0n) is 13.1. The lowest BCUT2D eigenvalue weighted by atomic mass is 10.1. The van der Waals surface area contributed by atoms with Crippen LogP contribution in [-0.4, -0.2) is 53.5 Å². The number of nitrogens with two attached hydrogens (primary N) is 1. The van der Waals surface area contributed by atoms with E-state index in [0.717, 1.165) is 44.8 Å². The Balaban J connectivity index is 1.73. The summed E-state index contributed by atoms with van der Waals surface area (Å²) in [7, 11) is 0. The van der Waals surface area contributed by atoms with Gasteiger partial charge in [0.15, 0.2) is 0 Å². The minimum atomic E-state index is -0.313. The van der Waals surface area contributed by atoms with Crippen molar-refractivity contribution >= 4 is 0 Å². The molecule has 1 aliphatic rings. The van der Waals surface area contributed by atoms with Crippen LogP contribution in [0.4, 0.5) is 4.39 Å². The Morgan fingerprint density at radius 3 is 2.57 bits per heavy atom. The quantitative estimate of drug-likeness (QED) is 0.872. The zero-order chi connectivity index (χ0) is 15.2. The fourth-order valence-corrected chi connectivity index (χ4v) is 2.76. The fraction of sp³-hybridized carbons (Fsp3) is 0.688. The molecule has 1 aromatic rings. The van der Waals surface area contributed by atoms with Crippen LogP contribution in [0.25, 0.3) is 0 Å². The van der Waals surface area contributed by atoms with Crippen molar-refractivity contribution in [1.29, 1.82) is 0 Å². The molecule has 0 bridgehead atoms. The van der Waals surface area contributed by atoms with Crippen LogP contribution in [0.2, 0.25) is 0 Å². The Bertz CT molecular complexity index is 415. The van der Waals surface area contributed by atoms with E-state index in [-0.39, 0.29) is 11.9 Å². The van der Waals surface area contributed by atoms with Gasteiger partial charge in [0.1, 0.15) is 5.82 Å². The maximum absolute atomic E-state index is 12.8. The maximum atomic E-state index is 12.8. The van der Waals surface area contributed by atoms with Crippen molar-refractivity contribution < 1.29 is 4.39 Å². The molecule has 2 atom stereocenters. The van der Waals surface area contributed by atoms with E-state index in [1.54, 1.807) is 6.07 Å². The molecule has 0 amide bonds. The van der Waals surface area contributed by atoms with E-state index in [0.29, 0.717) is 6.04 Å². The first-order chi connectivity index (χ1) is 10.1. The van der Waals surface area contributed by atoms with Gasteiger partial charge in [0.2, 0.25) is 0 Å². The van der Waals surface area contributed by atoms with Gasteiger partial charge in [-0.2, -0.15) is 0 Å². The molecule has 2 heterocycles. The molecule has 1 aromatic heterocycles. The van der Waals surface area contributed by atoms with Crippen molar-refractivity contribution in [1.82, 2.24) is 14.8 Å². The lowest BCUT2D eigenvalue weighted by Gasteiger charge is -2.38. The SMILES string of the molecule is CCC(C)N1CCN(CCC(N)c2ccc(F)cn2)CC1. The standard InChI is InChI=1S/C16H27FN4/c1-3-13(2)21-10-8-20(9-11-21)7-6-15(18)16-5-4-14(17)12-19-16/h4-5,12-13,15H,3,6-11,18H2,1-2H3. The van der Waals surface area contributed by atoms with Crippen LogP contribution in [0.5, 0.6) is 0 Å². The van der Waals surface area contributed by atoms with Crippen molar-refractivity contribution in [3.05, 3.63) is 29.8 Å². The number of rotatable bonds is 6. The van der Waals surface area contributed by atoms with Crippen LogP contribution in [0, 0.1) is 5.82 Å². The number of nitrogens with zero attached hydrogens (tertiary/aromatic N) is 3. The van der Waals surface area contributed by atoms with Crippen LogP contribution in [0.15, 0.2) is 18.3 Å². The first-order valence-corrected chi connectivity index (χ1v) is 7.93. The third-order valence-electron chi connectivity index (χ3n) is 4.51. The van der Waals surface area contributed by atoms with Gasteiger partial charge in [-0.3, -0.25) is 9.88 Å². The third-order valence-corrected chi connectivity index (χ3v) is 4.51. The molecule has 1 fully saturated rings. The lowest BCUT2D eigenvalue weighted by Crippen LogP contribution is -2.49. The van der Waals surface area contributed by atoms with E-state index in [2.05, 4.69) is 28.6 Å². The molecule has 118 valence electrons. The van der Waals surface area contributed by atoms with Crippen LogP contribution in [0.3, 0.4) is 0 Å². The molecule has 1 aliphatic heterocycles. The summed E-state index contributed by atoms with van der Waals surface area (Å²) in [6.45, 7) is 10.0. The second-order valence-corrected chi connectivity index (χ2v) is 5.93. The average molecular weight is 294 g/mol. The number of aromatic nitrogens is 1. The molecule has 2 rings (SSSR count). The number of halogens is 1. The van der Waals surface area contributed by atoms with Crippen molar-refractivity contribution in [3.63, 3.8) is 0 Å². The maximum Gasteiger partial charge on any atom is 0.141 e. The number of hydrogen-bond acceptors (Lipinski definition) is 4. The lowest BCUT2D eigenvalue weighted by molar-refractivity contribution is 0.0986. The molecule has 2 N–H and O–H groups in total. The van der Waals surface area contributed by atoms with E-state index in [1.807, 2.05) is 0 Å². The van der Waals surface area contributed by atoms with E-state index in [1.165, 1.54) is 18.7 Å². The van der Waals surface area contributed by atoms with Crippen LogP contribution < -0.4 is 5.73 Å². The first kappa shape index (κ1) is 16.3. The van der Waals surface area contributed by atoms with Gasteiger partial charge >= 0.3 is 0 Å². The molecule has 4 nitrogen and oxygen atoms in total. The van der Waals surface area contributed by atoms with Crippen LogP contribution >= 0.6 is 0 Å². The van der Waals surface area contributed by atoms with Gasteiger partial charge in [-0.25, -0.2) is 4.39 Å². The first-order valence-electron chi connectivity index (χ1n) is 7.93. The van der Waals surface area contributed by atoms with Crippen LogP contribution in [-0.2, 0) is 0 Å². The van der Waals surface area contributed by atoms with Crippen molar-refractivity contribution in [3.8, 4) is 0 Å². The fourth-order valence-electron chi connectivity index (χ4n) is 2.76. The highest BCUT2D eigenvalue weighted by molar-refractivity contribution is 5.09. The third kappa shape index (κ3) is 4.73. The molecule has 1 saturated heterocycles. The van der Waals surface area contributed by atoms with E-state index in [9.17, 15) is 4.39 Å². The average Bonchev–Trinajstić information content (AvgIpc) is 2.53. The van der Waals surface area contributed by atoms with E-state index >= 15 is 0 Å². The molecular weight excluding hydrogens is 267 g/mol. The van der Waals surface area contributed by atoms with Gasteiger partial charge in [0.25, 0.3) is 0 Å². The van der Waals surface area contributed by atoms with Gasteiger partial charge in [-0.15, -0.1) is 0 Å². The van der Waals surface area contributed by atoms with Crippen molar-refractivity contribution in [2.24, 2.45) is 5.73 Å². The summed E-state index contributed by atoms with van der Waals surface area (Å²) in [5.74, 6) is -0.313. The zero-order valence-corrected chi connectivity index (χ0v) is 13.1. The molecule has 21 heavy (non-hydrogen) atoms. The Labute approximate surface area is 127 Å². The molecule has 2 unspecified atom stereocenters. The molecule has 0 aromatic carbocycles. The summed E-state index contributed by atoms with van der Waals surface area (Å²) in [6.07, 6.45) is 3.31. The van der Waals surface area contributed by atoms with Gasteiger partial charge in [-0.05, 0) is 31.9 Å². The van der Waals surface area contributed by atoms with Gasteiger partial charge in [-0.1, -0.05) is 6.92 Å². The van der Waals surface area contributed by atoms with E-state index < -0.39 is 0 Å². The van der Waals surface area contributed by atoms with Gasteiger partial charge < -0.3 is 10.6 Å². The van der Waals surface area contributed by atoms with Crippen LogP contribution in [0.1, 0.15) is 38.4 Å². The monoisotopic (exact) mass is 294 g/mol. The second-order valence-electron chi connectivity index (χ2n) is 5.93. The van der Waals surface area contributed by atoms with Crippen molar-refractivity contribution in [2.45, 2.75) is 38.8 Å². The van der Waals surface area contributed by atoms with Gasteiger partial charge in [0, 0.05) is 44.8 Å². The Morgan fingerprint density at radius 2 is 2.00 bits per heavy atom. The molecule has 0 radical (unpaired) electrons. The Kier molecular flexibility index (Phi) is 6.08. The number of piperazine rings is 1. The molecule has 0 spiro atoms. The number of pyridine rings is 1. The molecular formula is C16H27FN4. The molecule has 5 heteroatoms. The summed E-state index contributed by atoms with van der Waals surface area (Å²) < 4.78 is 12.8. The van der Waals surface area contributed by atoms with Crippen molar-refractivity contribution in [2.75, 3.05) is 32.7 Å². The minimum Gasteiger partial charge on any atom is -0.323 e. The molecule has 0 saturated carbocycles.